The summed E-state index contributed by atoms with van der Waals surface area (Å²) in [6, 6.07) is 12.5. The van der Waals surface area contributed by atoms with Crippen molar-refractivity contribution in [3.63, 3.8) is 0 Å². The standard InChI is InChI=1S/C22H26O7S/c1-2-12-3-5-13(6-4-12)22-16-9-14(7-8-15(16)11-30(22,27)28)21-20(26)19(25)18(24)17(10-23)29-21/h3-9,17-26H,2,10-11H2,1H3/t17?,18?,19?,20?,21?,22-/m0/s1. The number of ether oxygens (including phenoxy) is 1. The lowest BCUT2D eigenvalue weighted by molar-refractivity contribution is -0.231. The lowest BCUT2D eigenvalue weighted by Gasteiger charge is -2.40. The summed E-state index contributed by atoms with van der Waals surface area (Å²) in [5, 5.41) is 39.1. The van der Waals surface area contributed by atoms with Crippen molar-refractivity contribution in [1.29, 1.82) is 0 Å². The molecule has 1 saturated heterocycles. The lowest BCUT2D eigenvalue weighted by atomic mass is 9.89. The van der Waals surface area contributed by atoms with E-state index in [9.17, 15) is 28.8 Å². The van der Waals surface area contributed by atoms with E-state index in [1.807, 2.05) is 31.2 Å². The second kappa shape index (κ2) is 8.03. The number of aliphatic hydroxyl groups excluding tert-OH is 4. The maximum atomic E-state index is 12.9. The molecule has 2 aromatic carbocycles. The van der Waals surface area contributed by atoms with E-state index in [1.165, 1.54) is 0 Å². The Labute approximate surface area is 175 Å². The van der Waals surface area contributed by atoms with E-state index in [2.05, 4.69) is 0 Å². The molecule has 8 heteroatoms. The van der Waals surface area contributed by atoms with Crippen LogP contribution < -0.4 is 0 Å². The highest BCUT2D eigenvalue weighted by Crippen LogP contribution is 2.43. The molecule has 6 atom stereocenters. The first-order valence-electron chi connectivity index (χ1n) is 10.0. The largest absolute Gasteiger partial charge is 0.394 e. The predicted molar refractivity (Wildman–Crippen MR) is 109 cm³/mol. The Morgan fingerprint density at radius 2 is 1.63 bits per heavy atom. The Morgan fingerprint density at radius 1 is 0.967 bits per heavy atom. The molecule has 0 spiro atoms. The van der Waals surface area contributed by atoms with Gasteiger partial charge in [0, 0.05) is 0 Å². The highest BCUT2D eigenvalue weighted by Gasteiger charge is 2.45. The van der Waals surface area contributed by atoms with Gasteiger partial charge in [0.15, 0.2) is 9.84 Å². The molecule has 5 unspecified atom stereocenters. The third kappa shape index (κ3) is 3.57. The number of benzene rings is 2. The third-order valence-corrected chi connectivity index (χ3v) is 8.04. The molecule has 30 heavy (non-hydrogen) atoms. The molecule has 2 aliphatic heterocycles. The molecule has 0 saturated carbocycles. The van der Waals surface area contributed by atoms with Crippen LogP contribution in [0.5, 0.6) is 0 Å². The Morgan fingerprint density at radius 3 is 2.27 bits per heavy atom. The summed E-state index contributed by atoms with van der Waals surface area (Å²) >= 11 is 0. The van der Waals surface area contributed by atoms with Crippen LogP contribution in [0.1, 0.15) is 46.1 Å². The highest BCUT2D eigenvalue weighted by molar-refractivity contribution is 7.91. The van der Waals surface area contributed by atoms with Crippen molar-refractivity contribution >= 4 is 9.84 Å². The van der Waals surface area contributed by atoms with Gasteiger partial charge in [0.25, 0.3) is 0 Å². The predicted octanol–water partition coefficient (Wildman–Crippen LogP) is 0.782. The molecule has 0 amide bonds. The summed E-state index contributed by atoms with van der Waals surface area (Å²) in [4.78, 5) is 0. The van der Waals surface area contributed by atoms with Crippen LogP contribution in [0.2, 0.25) is 0 Å². The van der Waals surface area contributed by atoms with Crippen LogP contribution in [0.4, 0.5) is 0 Å². The second-order valence-corrected chi connectivity index (χ2v) is 10.1. The van der Waals surface area contributed by atoms with Crippen molar-refractivity contribution in [2.45, 2.75) is 54.9 Å². The molecule has 0 aliphatic carbocycles. The van der Waals surface area contributed by atoms with E-state index in [0.29, 0.717) is 22.3 Å². The van der Waals surface area contributed by atoms with Crippen molar-refractivity contribution in [1.82, 2.24) is 0 Å². The van der Waals surface area contributed by atoms with Crippen molar-refractivity contribution in [2.24, 2.45) is 0 Å². The smallest absolute Gasteiger partial charge is 0.165 e. The van der Waals surface area contributed by atoms with Gasteiger partial charge in [0.2, 0.25) is 0 Å². The van der Waals surface area contributed by atoms with E-state index >= 15 is 0 Å². The zero-order valence-corrected chi connectivity index (χ0v) is 17.4. The van der Waals surface area contributed by atoms with Crippen molar-refractivity contribution in [3.05, 3.63) is 70.3 Å². The van der Waals surface area contributed by atoms with Gasteiger partial charge in [-0.3, -0.25) is 0 Å². The number of aliphatic hydroxyl groups is 4. The van der Waals surface area contributed by atoms with Crippen molar-refractivity contribution in [3.8, 4) is 0 Å². The van der Waals surface area contributed by atoms with E-state index in [4.69, 9.17) is 4.74 Å². The summed E-state index contributed by atoms with van der Waals surface area (Å²) in [5.74, 6) is -0.0719. The minimum absolute atomic E-state index is 0.0719. The topological polar surface area (TPSA) is 124 Å². The fourth-order valence-electron chi connectivity index (χ4n) is 4.35. The molecular formula is C22H26O7S. The number of hydrogen-bond donors (Lipinski definition) is 4. The number of sulfone groups is 1. The quantitative estimate of drug-likeness (QED) is 0.561. The van der Waals surface area contributed by atoms with Crippen molar-refractivity contribution in [2.75, 3.05) is 6.61 Å². The first-order valence-corrected chi connectivity index (χ1v) is 11.7. The average Bonchev–Trinajstić information content (AvgIpc) is 3.01. The first-order chi connectivity index (χ1) is 14.3. The third-order valence-electron chi connectivity index (χ3n) is 6.08. The molecule has 2 aliphatic rings. The Balaban J connectivity index is 1.74. The molecule has 162 valence electrons. The number of rotatable bonds is 4. The summed E-state index contributed by atoms with van der Waals surface area (Å²) in [5.41, 5.74) is 3.58. The van der Waals surface area contributed by atoms with Gasteiger partial charge in [-0.2, -0.15) is 0 Å². The molecule has 4 rings (SSSR count). The highest BCUT2D eigenvalue weighted by atomic mass is 32.2. The molecule has 2 heterocycles. The van der Waals surface area contributed by atoms with E-state index in [0.717, 1.165) is 12.0 Å². The maximum Gasteiger partial charge on any atom is 0.165 e. The van der Waals surface area contributed by atoms with Crippen LogP contribution in [-0.4, -0.2) is 59.9 Å². The summed E-state index contributed by atoms with van der Waals surface area (Å²) in [7, 11) is -3.45. The second-order valence-electron chi connectivity index (χ2n) is 7.99. The average molecular weight is 435 g/mol. The van der Waals surface area contributed by atoms with E-state index < -0.39 is 52.2 Å². The summed E-state index contributed by atoms with van der Waals surface area (Å²) in [6.07, 6.45) is -5.52. The van der Waals surface area contributed by atoms with E-state index in [1.54, 1.807) is 18.2 Å². The number of fused-ring (bicyclic) bond motifs is 1. The fraction of sp³-hybridized carbons (Fsp3) is 0.455. The molecule has 2 aromatic rings. The van der Waals surface area contributed by atoms with Gasteiger partial charge < -0.3 is 25.2 Å². The Kier molecular flexibility index (Phi) is 5.73. The molecule has 0 radical (unpaired) electrons. The van der Waals surface area contributed by atoms with Crippen LogP contribution >= 0.6 is 0 Å². The zero-order valence-electron chi connectivity index (χ0n) is 16.5. The minimum atomic E-state index is -3.45. The maximum absolute atomic E-state index is 12.9. The molecular weight excluding hydrogens is 408 g/mol. The van der Waals surface area contributed by atoms with Crippen LogP contribution in [0, 0.1) is 0 Å². The normalized spacial score (nSPS) is 32.7. The zero-order chi connectivity index (χ0) is 21.6. The molecule has 1 fully saturated rings. The molecule has 7 nitrogen and oxygen atoms in total. The van der Waals surface area contributed by atoms with Gasteiger partial charge in [0.05, 0.1) is 12.4 Å². The van der Waals surface area contributed by atoms with Gasteiger partial charge in [-0.25, -0.2) is 8.42 Å². The van der Waals surface area contributed by atoms with Gasteiger partial charge in [-0.15, -0.1) is 0 Å². The van der Waals surface area contributed by atoms with Crippen LogP contribution in [-0.2, 0) is 26.7 Å². The number of hydrogen-bond acceptors (Lipinski definition) is 7. The van der Waals surface area contributed by atoms with Crippen LogP contribution in [0.25, 0.3) is 0 Å². The SMILES string of the molecule is CCc1ccc([C@H]2c3cc(C4OC(CO)C(O)C(O)C4O)ccc3CS2(=O)=O)cc1. The summed E-state index contributed by atoms with van der Waals surface area (Å²) < 4.78 is 31.5. The van der Waals surface area contributed by atoms with Crippen LogP contribution in [0.15, 0.2) is 42.5 Å². The monoisotopic (exact) mass is 434 g/mol. The molecule has 4 N–H and O–H groups in total. The molecule has 0 bridgehead atoms. The Bertz CT molecular complexity index is 1020. The van der Waals surface area contributed by atoms with E-state index in [-0.39, 0.29) is 5.75 Å². The van der Waals surface area contributed by atoms with Gasteiger partial charge >= 0.3 is 0 Å². The minimum Gasteiger partial charge on any atom is -0.394 e. The Hall–Kier alpha value is -1.81. The lowest BCUT2D eigenvalue weighted by Crippen LogP contribution is -2.55. The van der Waals surface area contributed by atoms with Crippen molar-refractivity contribution < 1.29 is 33.6 Å². The van der Waals surface area contributed by atoms with Crippen LogP contribution in [0.3, 0.4) is 0 Å². The van der Waals surface area contributed by atoms with Gasteiger partial charge in [-0.05, 0) is 34.2 Å². The fourth-order valence-corrected chi connectivity index (χ4v) is 6.39. The molecule has 0 aromatic heterocycles. The number of aryl methyl sites for hydroxylation is 1. The van der Waals surface area contributed by atoms with Gasteiger partial charge in [0.1, 0.15) is 35.8 Å². The first kappa shape index (κ1) is 21.4. The summed E-state index contributed by atoms with van der Waals surface area (Å²) in [6.45, 7) is 1.51. The van der Waals surface area contributed by atoms with Gasteiger partial charge in [-0.1, -0.05) is 49.4 Å².